The largest absolute Gasteiger partial charge is 0.316 e. The molecule has 0 amide bonds. The summed E-state index contributed by atoms with van der Waals surface area (Å²) in [6, 6.07) is 2.01. The molecule has 1 rings (SSSR count). The van der Waals surface area contributed by atoms with Gasteiger partial charge < -0.3 is 5.32 Å². The highest BCUT2D eigenvalue weighted by Gasteiger charge is 2.00. The minimum Gasteiger partial charge on any atom is -0.316 e. The van der Waals surface area contributed by atoms with Gasteiger partial charge in [0, 0.05) is 23.7 Å². The van der Waals surface area contributed by atoms with Gasteiger partial charge in [-0.05, 0) is 45.2 Å². The fraction of sp³-hybridized carbons (Fsp3) is 0.714. The van der Waals surface area contributed by atoms with E-state index in [1.165, 1.54) is 12.8 Å². The quantitative estimate of drug-likeness (QED) is 0.446. The molecule has 1 N–H and O–H groups in total. The topological polar surface area (TPSA) is 37.8 Å². The van der Waals surface area contributed by atoms with Gasteiger partial charge >= 0.3 is 0 Å². The van der Waals surface area contributed by atoms with Gasteiger partial charge in [0.25, 0.3) is 0 Å². The summed E-state index contributed by atoms with van der Waals surface area (Å²) in [7, 11) is 0. The molecule has 0 unspecified atom stereocenters. The fourth-order valence-electron chi connectivity index (χ4n) is 1.73. The summed E-state index contributed by atoms with van der Waals surface area (Å²) in [5.41, 5.74) is 2.10. The summed E-state index contributed by atoms with van der Waals surface area (Å²) in [5, 5.41) is 4.36. The van der Waals surface area contributed by atoms with Gasteiger partial charge in [0.1, 0.15) is 0 Å². The van der Waals surface area contributed by atoms with Gasteiger partial charge in [-0.2, -0.15) is 0 Å². The Morgan fingerprint density at radius 2 is 1.83 bits per heavy atom. The van der Waals surface area contributed by atoms with Crippen molar-refractivity contribution in [3.8, 4) is 0 Å². The fourth-order valence-corrected chi connectivity index (χ4v) is 2.58. The van der Waals surface area contributed by atoms with Crippen LogP contribution in [0.3, 0.4) is 0 Å². The van der Waals surface area contributed by atoms with E-state index in [9.17, 15) is 0 Å². The van der Waals surface area contributed by atoms with Crippen LogP contribution in [0, 0.1) is 19.8 Å². The first-order valence-corrected chi connectivity index (χ1v) is 7.72. The van der Waals surface area contributed by atoms with E-state index in [1.54, 1.807) is 11.8 Å². The Kier molecular flexibility index (Phi) is 7.28. The van der Waals surface area contributed by atoms with Crippen LogP contribution in [0.1, 0.15) is 38.1 Å². The van der Waals surface area contributed by atoms with E-state index < -0.39 is 0 Å². The summed E-state index contributed by atoms with van der Waals surface area (Å²) >= 11 is 1.73. The van der Waals surface area contributed by atoms with Crippen molar-refractivity contribution in [2.75, 3.05) is 18.8 Å². The molecule has 0 fully saturated rings. The van der Waals surface area contributed by atoms with Crippen molar-refractivity contribution in [3.05, 3.63) is 17.5 Å². The molecule has 1 aromatic heterocycles. The monoisotopic (exact) mass is 267 g/mol. The molecule has 0 aliphatic carbocycles. The Balaban J connectivity index is 2.10. The molecule has 4 heteroatoms. The van der Waals surface area contributed by atoms with Crippen molar-refractivity contribution in [2.45, 2.75) is 45.7 Å². The average molecular weight is 267 g/mol. The first-order chi connectivity index (χ1) is 8.58. The third kappa shape index (κ3) is 6.97. The molecule has 0 spiro atoms. The van der Waals surface area contributed by atoms with Crippen molar-refractivity contribution in [1.82, 2.24) is 15.3 Å². The second-order valence-corrected chi connectivity index (χ2v) is 6.13. The number of hydrogen-bond donors (Lipinski definition) is 1. The number of thioether (sulfide) groups is 1. The van der Waals surface area contributed by atoms with E-state index >= 15 is 0 Å². The van der Waals surface area contributed by atoms with Gasteiger partial charge in [-0.3, -0.25) is 0 Å². The van der Waals surface area contributed by atoms with E-state index in [1.807, 2.05) is 19.9 Å². The van der Waals surface area contributed by atoms with E-state index in [0.29, 0.717) is 0 Å². The molecule has 0 aliphatic rings. The maximum absolute atomic E-state index is 4.42. The first-order valence-electron chi connectivity index (χ1n) is 6.73. The smallest absolute Gasteiger partial charge is 0.188 e. The van der Waals surface area contributed by atoms with Crippen LogP contribution in [0.15, 0.2) is 11.2 Å². The highest BCUT2D eigenvalue weighted by Crippen LogP contribution is 2.13. The molecule has 0 aromatic carbocycles. The maximum atomic E-state index is 4.42. The molecule has 3 nitrogen and oxygen atoms in total. The lowest BCUT2D eigenvalue weighted by molar-refractivity contribution is 0.534. The van der Waals surface area contributed by atoms with Gasteiger partial charge in [-0.25, -0.2) is 9.97 Å². The van der Waals surface area contributed by atoms with Crippen molar-refractivity contribution in [2.24, 2.45) is 5.92 Å². The standard InChI is InChI=1S/C14H25N3S/c1-11(2)6-5-7-15-8-9-18-14-16-12(3)10-13(4)17-14/h10-11,15H,5-9H2,1-4H3. The highest BCUT2D eigenvalue weighted by atomic mass is 32.2. The number of hydrogen-bond acceptors (Lipinski definition) is 4. The zero-order valence-corrected chi connectivity index (χ0v) is 12.8. The third-order valence-electron chi connectivity index (χ3n) is 2.61. The summed E-state index contributed by atoms with van der Waals surface area (Å²) in [4.78, 5) is 8.83. The molecule has 0 saturated carbocycles. The average Bonchev–Trinajstić information content (AvgIpc) is 2.26. The molecule has 0 atom stereocenters. The minimum atomic E-state index is 0.810. The zero-order chi connectivity index (χ0) is 13.4. The molecule has 102 valence electrons. The molecule has 0 bridgehead atoms. The molecule has 1 heterocycles. The Labute approximate surface area is 115 Å². The Morgan fingerprint density at radius 1 is 1.17 bits per heavy atom. The molecule has 1 aromatic rings. The van der Waals surface area contributed by atoms with Gasteiger partial charge in [0.05, 0.1) is 0 Å². The molecular weight excluding hydrogens is 242 g/mol. The Hall–Kier alpha value is -0.610. The zero-order valence-electron chi connectivity index (χ0n) is 12.0. The highest BCUT2D eigenvalue weighted by molar-refractivity contribution is 7.99. The molecule has 0 aliphatic heterocycles. The number of rotatable bonds is 8. The Bertz CT molecular complexity index is 333. The maximum Gasteiger partial charge on any atom is 0.188 e. The lowest BCUT2D eigenvalue weighted by atomic mass is 10.1. The number of nitrogens with zero attached hydrogens (tertiary/aromatic N) is 2. The molecule has 0 radical (unpaired) electrons. The van der Waals surface area contributed by atoms with Gasteiger partial charge in [-0.1, -0.05) is 25.6 Å². The Morgan fingerprint density at radius 3 is 2.44 bits per heavy atom. The second kappa shape index (κ2) is 8.48. The predicted octanol–water partition coefficient (Wildman–Crippen LogP) is 3.21. The van der Waals surface area contributed by atoms with Gasteiger partial charge in [0.2, 0.25) is 0 Å². The van der Waals surface area contributed by atoms with Crippen LogP contribution in [0.25, 0.3) is 0 Å². The van der Waals surface area contributed by atoms with E-state index in [2.05, 4.69) is 29.1 Å². The number of aromatic nitrogens is 2. The third-order valence-corrected chi connectivity index (χ3v) is 3.46. The first kappa shape index (κ1) is 15.4. The van der Waals surface area contributed by atoms with Crippen LogP contribution in [0.2, 0.25) is 0 Å². The van der Waals surface area contributed by atoms with Crippen LogP contribution in [0.4, 0.5) is 0 Å². The van der Waals surface area contributed by atoms with Gasteiger partial charge in [-0.15, -0.1) is 0 Å². The van der Waals surface area contributed by atoms with Crippen LogP contribution < -0.4 is 5.32 Å². The van der Waals surface area contributed by atoms with Crippen molar-refractivity contribution in [1.29, 1.82) is 0 Å². The van der Waals surface area contributed by atoms with Gasteiger partial charge in [0.15, 0.2) is 5.16 Å². The second-order valence-electron chi connectivity index (χ2n) is 5.07. The van der Waals surface area contributed by atoms with Crippen molar-refractivity contribution in [3.63, 3.8) is 0 Å². The van der Waals surface area contributed by atoms with E-state index in [4.69, 9.17) is 0 Å². The summed E-state index contributed by atoms with van der Waals surface area (Å²) in [6.07, 6.45) is 2.57. The van der Waals surface area contributed by atoms with E-state index in [0.717, 1.165) is 41.3 Å². The lowest BCUT2D eigenvalue weighted by Gasteiger charge is -2.06. The SMILES string of the molecule is Cc1cc(C)nc(SCCNCCCC(C)C)n1. The van der Waals surface area contributed by atoms with Crippen molar-refractivity contribution < 1.29 is 0 Å². The van der Waals surface area contributed by atoms with Crippen molar-refractivity contribution >= 4 is 11.8 Å². The molecule has 18 heavy (non-hydrogen) atoms. The van der Waals surface area contributed by atoms with Crippen LogP contribution >= 0.6 is 11.8 Å². The van der Waals surface area contributed by atoms with Crippen LogP contribution in [-0.4, -0.2) is 28.8 Å². The number of aryl methyl sites for hydroxylation is 2. The van der Waals surface area contributed by atoms with Crippen LogP contribution in [0.5, 0.6) is 0 Å². The summed E-state index contributed by atoms with van der Waals surface area (Å²) in [5.74, 6) is 1.84. The minimum absolute atomic E-state index is 0.810. The normalized spacial score (nSPS) is 11.2. The van der Waals surface area contributed by atoms with E-state index in [-0.39, 0.29) is 0 Å². The summed E-state index contributed by atoms with van der Waals surface area (Å²) in [6.45, 7) is 10.7. The molecular formula is C14H25N3S. The predicted molar refractivity (Wildman–Crippen MR) is 79.2 cm³/mol. The van der Waals surface area contributed by atoms with Crippen LogP contribution in [-0.2, 0) is 0 Å². The lowest BCUT2D eigenvalue weighted by Crippen LogP contribution is -2.18. The summed E-state index contributed by atoms with van der Waals surface area (Å²) < 4.78 is 0. The number of nitrogens with one attached hydrogen (secondary N) is 1. The molecule has 0 saturated heterocycles.